The van der Waals surface area contributed by atoms with E-state index in [2.05, 4.69) is 20.2 Å². The van der Waals surface area contributed by atoms with Crippen molar-refractivity contribution in [1.29, 1.82) is 0 Å². The summed E-state index contributed by atoms with van der Waals surface area (Å²) in [5, 5.41) is 11.1. The van der Waals surface area contributed by atoms with E-state index in [0.29, 0.717) is 25.3 Å². The molecule has 7 nitrogen and oxygen atoms in total. The van der Waals surface area contributed by atoms with Gasteiger partial charge in [-0.3, -0.25) is 9.69 Å². The fourth-order valence-electron chi connectivity index (χ4n) is 1.71. The number of hydrogen-bond donors (Lipinski definition) is 0. The van der Waals surface area contributed by atoms with Gasteiger partial charge in [-0.15, -0.1) is 5.10 Å². The molecule has 1 aliphatic heterocycles. The molecule has 16 heavy (non-hydrogen) atoms. The van der Waals surface area contributed by atoms with E-state index < -0.39 is 0 Å². The highest BCUT2D eigenvalue weighted by Crippen LogP contribution is 2.22. The zero-order valence-corrected chi connectivity index (χ0v) is 8.52. The maximum atomic E-state index is 11.7. The Hall–Kier alpha value is -2.14. The van der Waals surface area contributed by atoms with E-state index in [0.717, 1.165) is 0 Å². The molecule has 0 aromatic carbocycles. The number of amides is 1. The lowest BCUT2D eigenvalue weighted by Crippen LogP contribution is -2.25. The van der Waals surface area contributed by atoms with E-state index >= 15 is 0 Å². The van der Waals surface area contributed by atoms with E-state index in [4.69, 9.17) is 5.53 Å². The van der Waals surface area contributed by atoms with Crippen LogP contribution in [-0.2, 0) is 4.79 Å². The van der Waals surface area contributed by atoms with Gasteiger partial charge in [-0.05, 0) is 23.6 Å². The van der Waals surface area contributed by atoms with Gasteiger partial charge in [-0.25, -0.2) is 0 Å². The molecule has 1 fully saturated rings. The van der Waals surface area contributed by atoms with Crippen molar-refractivity contribution in [3.05, 3.63) is 28.8 Å². The molecule has 0 spiro atoms. The summed E-state index contributed by atoms with van der Waals surface area (Å²) in [6.07, 6.45) is 1.96. The number of azide groups is 1. The van der Waals surface area contributed by atoms with Gasteiger partial charge in [0.05, 0.1) is 0 Å². The monoisotopic (exact) mass is 218 g/mol. The van der Waals surface area contributed by atoms with E-state index in [1.165, 1.54) is 0 Å². The highest BCUT2D eigenvalue weighted by molar-refractivity contribution is 5.94. The van der Waals surface area contributed by atoms with Crippen LogP contribution < -0.4 is 4.90 Å². The van der Waals surface area contributed by atoms with Crippen LogP contribution in [0.25, 0.3) is 10.4 Å². The predicted molar refractivity (Wildman–Crippen MR) is 56.5 cm³/mol. The zero-order valence-electron chi connectivity index (χ0n) is 8.52. The van der Waals surface area contributed by atoms with Crippen molar-refractivity contribution in [3.8, 4) is 0 Å². The Morgan fingerprint density at radius 3 is 3.25 bits per heavy atom. The number of aromatic nitrogens is 2. The highest BCUT2D eigenvalue weighted by atomic mass is 16.2. The van der Waals surface area contributed by atoms with Crippen LogP contribution in [0.15, 0.2) is 23.4 Å². The first-order chi connectivity index (χ1) is 7.81. The molecule has 0 aliphatic carbocycles. The van der Waals surface area contributed by atoms with Crippen molar-refractivity contribution < 1.29 is 4.79 Å². The third-order valence-electron chi connectivity index (χ3n) is 2.44. The van der Waals surface area contributed by atoms with Gasteiger partial charge in [0.25, 0.3) is 0 Å². The summed E-state index contributed by atoms with van der Waals surface area (Å²) in [7, 11) is 0. The summed E-state index contributed by atoms with van der Waals surface area (Å²) in [5.41, 5.74) is 8.21. The topological polar surface area (TPSA) is 94.9 Å². The number of rotatable bonds is 3. The van der Waals surface area contributed by atoms with Crippen molar-refractivity contribution in [3.63, 3.8) is 0 Å². The third kappa shape index (κ3) is 2.09. The summed E-state index contributed by atoms with van der Waals surface area (Å²) in [6.45, 7) is 0.884. The van der Waals surface area contributed by atoms with Crippen molar-refractivity contribution in [2.75, 3.05) is 18.0 Å². The average Bonchev–Trinajstić information content (AvgIpc) is 2.69. The van der Waals surface area contributed by atoms with E-state index in [9.17, 15) is 4.79 Å². The second-order valence-corrected chi connectivity index (χ2v) is 3.57. The number of nitrogens with zero attached hydrogens (tertiary/aromatic N) is 6. The Kier molecular flexibility index (Phi) is 2.98. The Labute approximate surface area is 91.7 Å². The van der Waals surface area contributed by atoms with Crippen LogP contribution in [0.5, 0.6) is 0 Å². The molecule has 1 aromatic rings. The maximum absolute atomic E-state index is 11.7. The van der Waals surface area contributed by atoms with Crippen LogP contribution in [0, 0.1) is 5.92 Å². The lowest BCUT2D eigenvalue weighted by Gasteiger charge is -2.13. The fraction of sp³-hybridized carbons (Fsp3) is 0.444. The smallest absolute Gasteiger partial charge is 0.228 e. The van der Waals surface area contributed by atoms with E-state index in [1.807, 2.05) is 0 Å². The van der Waals surface area contributed by atoms with Gasteiger partial charge in [0, 0.05) is 30.6 Å². The molecule has 1 aliphatic rings. The summed E-state index contributed by atoms with van der Waals surface area (Å²) in [5.74, 6) is 0.625. The maximum Gasteiger partial charge on any atom is 0.228 e. The Morgan fingerprint density at radius 1 is 1.69 bits per heavy atom. The molecule has 2 heterocycles. The van der Waals surface area contributed by atoms with Gasteiger partial charge in [-0.2, -0.15) is 5.10 Å². The average molecular weight is 218 g/mol. The van der Waals surface area contributed by atoms with Crippen LogP contribution in [0.4, 0.5) is 5.82 Å². The molecule has 0 bridgehead atoms. The molecule has 0 saturated carbocycles. The zero-order chi connectivity index (χ0) is 11.4. The quantitative estimate of drug-likeness (QED) is 0.432. The molecule has 82 valence electrons. The second kappa shape index (κ2) is 4.59. The first kappa shape index (κ1) is 10.4. The van der Waals surface area contributed by atoms with Crippen molar-refractivity contribution in [2.45, 2.75) is 6.42 Å². The highest BCUT2D eigenvalue weighted by Gasteiger charge is 2.30. The molecule has 1 amide bonds. The summed E-state index contributed by atoms with van der Waals surface area (Å²) < 4.78 is 0. The third-order valence-corrected chi connectivity index (χ3v) is 2.44. The first-order valence-corrected chi connectivity index (χ1v) is 4.90. The van der Waals surface area contributed by atoms with Gasteiger partial charge in [0.15, 0.2) is 5.82 Å². The summed E-state index contributed by atoms with van der Waals surface area (Å²) in [6, 6.07) is 3.47. The Morgan fingerprint density at radius 2 is 2.56 bits per heavy atom. The van der Waals surface area contributed by atoms with Gasteiger partial charge < -0.3 is 0 Å². The van der Waals surface area contributed by atoms with Crippen LogP contribution >= 0.6 is 0 Å². The minimum atomic E-state index is -0.00126. The summed E-state index contributed by atoms with van der Waals surface area (Å²) in [4.78, 5) is 15.9. The normalized spacial score (nSPS) is 19.6. The van der Waals surface area contributed by atoms with Crippen molar-refractivity contribution in [2.24, 2.45) is 11.0 Å². The summed E-state index contributed by atoms with van der Waals surface area (Å²) >= 11 is 0. The van der Waals surface area contributed by atoms with Crippen molar-refractivity contribution in [1.82, 2.24) is 10.2 Å². The molecule has 0 radical (unpaired) electrons. The SMILES string of the molecule is [N-]=[N+]=NCC1CC(=O)N(c2cccnn2)C1. The second-order valence-electron chi connectivity index (χ2n) is 3.57. The molecular weight excluding hydrogens is 208 g/mol. The number of hydrogen-bond acceptors (Lipinski definition) is 4. The minimum absolute atomic E-state index is 0.00126. The standard InChI is InChI=1S/C9H10N6O/c10-14-12-5-7-4-9(16)15(6-7)8-2-1-3-11-13-8/h1-3,7H,4-6H2. The molecule has 7 heteroatoms. The number of carbonyl (C=O) groups is 1. The molecule has 2 rings (SSSR count). The van der Waals surface area contributed by atoms with Crippen LogP contribution in [0.2, 0.25) is 0 Å². The first-order valence-electron chi connectivity index (χ1n) is 4.90. The number of anilines is 1. The lowest BCUT2D eigenvalue weighted by atomic mass is 10.1. The van der Waals surface area contributed by atoms with Crippen LogP contribution in [0.3, 0.4) is 0 Å². The molecule has 1 saturated heterocycles. The molecule has 1 aromatic heterocycles. The van der Waals surface area contributed by atoms with E-state index in [-0.39, 0.29) is 11.8 Å². The van der Waals surface area contributed by atoms with Gasteiger partial charge in [0.1, 0.15) is 0 Å². The van der Waals surface area contributed by atoms with Crippen molar-refractivity contribution >= 4 is 11.7 Å². The fourth-order valence-corrected chi connectivity index (χ4v) is 1.71. The Balaban J connectivity index is 2.08. The number of carbonyl (C=O) groups excluding carboxylic acids is 1. The largest absolute Gasteiger partial charge is 0.295 e. The molecule has 1 unspecified atom stereocenters. The molecule has 1 atom stereocenters. The predicted octanol–water partition coefficient (Wildman–Crippen LogP) is 1.14. The van der Waals surface area contributed by atoms with Crippen LogP contribution in [-0.4, -0.2) is 29.2 Å². The van der Waals surface area contributed by atoms with Gasteiger partial charge >= 0.3 is 0 Å². The van der Waals surface area contributed by atoms with Gasteiger partial charge in [-0.1, -0.05) is 5.11 Å². The lowest BCUT2D eigenvalue weighted by molar-refractivity contribution is -0.117. The molecule has 0 N–H and O–H groups in total. The van der Waals surface area contributed by atoms with Gasteiger partial charge in [0.2, 0.25) is 5.91 Å². The van der Waals surface area contributed by atoms with Crippen LogP contribution in [0.1, 0.15) is 6.42 Å². The van der Waals surface area contributed by atoms with E-state index in [1.54, 1.807) is 23.2 Å². The molecular formula is C9H10N6O. The minimum Gasteiger partial charge on any atom is -0.295 e. The Bertz CT molecular complexity index is 427.